The number of carbonyl (C=O) groups is 2. The average Bonchev–Trinajstić information content (AvgIpc) is 3.10. The van der Waals surface area contributed by atoms with Crippen molar-refractivity contribution < 1.29 is 19.4 Å². The smallest absolute Gasteiger partial charge is 0.410 e. The summed E-state index contributed by atoms with van der Waals surface area (Å²) in [7, 11) is 0. The highest BCUT2D eigenvalue weighted by Crippen LogP contribution is 2.27. The minimum Gasteiger partial charge on any atom is -0.478 e. The summed E-state index contributed by atoms with van der Waals surface area (Å²) in [4.78, 5) is 24.9. The van der Waals surface area contributed by atoms with E-state index in [0.29, 0.717) is 13.1 Å². The Labute approximate surface area is 162 Å². The second-order valence-electron chi connectivity index (χ2n) is 6.74. The van der Waals surface area contributed by atoms with Crippen LogP contribution in [0.2, 0.25) is 0 Å². The zero-order chi connectivity index (χ0) is 19.5. The lowest BCUT2D eigenvalue weighted by Crippen LogP contribution is -2.23. The fourth-order valence-corrected chi connectivity index (χ4v) is 3.31. The molecule has 1 aliphatic heterocycles. The van der Waals surface area contributed by atoms with E-state index in [4.69, 9.17) is 9.84 Å². The van der Waals surface area contributed by atoms with Crippen LogP contribution in [0.25, 0.3) is 11.1 Å². The van der Waals surface area contributed by atoms with Gasteiger partial charge in [-0.25, -0.2) is 9.59 Å². The summed E-state index contributed by atoms with van der Waals surface area (Å²) in [5.74, 6) is -0.937. The summed E-state index contributed by atoms with van der Waals surface area (Å²) in [6, 6.07) is 24.4. The van der Waals surface area contributed by atoms with Gasteiger partial charge in [0, 0.05) is 6.54 Å². The first-order valence-electron chi connectivity index (χ1n) is 9.03. The molecule has 1 N–H and O–H groups in total. The number of rotatable bonds is 5. The number of hydrogen-bond donors (Lipinski definition) is 1. The average molecular weight is 373 g/mol. The Morgan fingerprint density at radius 1 is 0.929 bits per heavy atom. The van der Waals surface area contributed by atoms with Crippen molar-refractivity contribution in [3.05, 3.63) is 95.6 Å². The number of aromatic carboxylic acids is 1. The summed E-state index contributed by atoms with van der Waals surface area (Å²) in [5.41, 5.74) is 4.21. The van der Waals surface area contributed by atoms with Crippen LogP contribution in [0.3, 0.4) is 0 Å². The lowest BCUT2D eigenvalue weighted by Gasteiger charge is -2.13. The second-order valence-corrected chi connectivity index (χ2v) is 6.74. The van der Waals surface area contributed by atoms with Crippen LogP contribution in [0.15, 0.2) is 78.9 Å². The highest BCUT2D eigenvalue weighted by Gasteiger charge is 2.32. The Kier molecular flexibility index (Phi) is 4.81. The summed E-state index contributed by atoms with van der Waals surface area (Å²) in [6.45, 7) is 1.02. The highest BCUT2D eigenvalue weighted by atomic mass is 16.6. The number of carboxylic acid groups (broad SMARTS) is 1. The van der Waals surface area contributed by atoms with E-state index in [1.807, 2.05) is 54.6 Å². The van der Waals surface area contributed by atoms with Crippen molar-refractivity contribution in [2.45, 2.75) is 12.6 Å². The van der Waals surface area contributed by atoms with Gasteiger partial charge < -0.3 is 9.84 Å². The number of benzene rings is 3. The number of nitrogens with zero attached hydrogens (tertiary/aromatic N) is 1. The van der Waals surface area contributed by atoms with Crippen LogP contribution in [0.5, 0.6) is 0 Å². The molecule has 3 aromatic carbocycles. The van der Waals surface area contributed by atoms with E-state index in [-0.39, 0.29) is 17.8 Å². The monoisotopic (exact) mass is 373 g/mol. The van der Waals surface area contributed by atoms with Crippen LogP contribution in [0.4, 0.5) is 4.79 Å². The Morgan fingerprint density at radius 2 is 1.54 bits per heavy atom. The van der Waals surface area contributed by atoms with Crippen molar-refractivity contribution in [1.82, 2.24) is 4.90 Å². The summed E-state index contributed by atoms with van der Waals surface area (Å²) >= 11 is 0. The third-order valence-electron chi connectivity index (χ3n) is 4.85. The summed E-state index contributed by atoms with van der Waals surface area (Å²) < 4.78 is 5.49. The van der Waals surface area contributed by atoms with Crippen molar-refractivity contribution in [3.8, 4) is 11.1 Å². The van der Waals surface area contributed by atoms with Gasteiger partial charge in [0.1, 0.15) is 6.10 Å². The molecule has 5 heteroatoms. The number of amides is 1. The van der Waals surface area contributed by atoms with Crippen LogP contribution in [0.1, 0.15) is 27.6 Å². The zero-order valence-corrected chi connectivity index (χ0v) is 15.1. The van der Waals surface area contributed by atoms with Gasteiger partial charge in [0.05, 0.1) is 12.1 Å². The molecule has 1 heterocycles. The van der Waals surface area contributed by atoms with Gasteiger partial charge in [-0.05, 0) is 34.4 Å². The molecule has 0 aliphatic carbocycles. The van der Waals surface area contributed by atoms with Crippen LogP contribution in [0, 0.1) is 0 Å². The number of ether oxygens (including phenoxy) is 1. The van der Waals surface area contributed by atoms with Crippen LogP contribution >= 0.6 is 0 Å². The summed E-state index contributed by atoms with van der Waals surface area (Å²) in [6.07, 6.45) is -0.539. The first-order valence-corrected chi connectivity index (χ1v) is 9.03. The topological polar surface area (TPSA) is 66.8 Å². The van der Waals surface area contributed by atoms with Crippen LogP contribution < -0.4 is 0 Å². The van der Waals surface area contributed by atoms with Gasteiger partial charge in [0.15, 0.2) is 0 Å². The maximum atomic E-state index is 12.2. The van der Waals surface area contributed by atoms with E-state index in [2.05, 4.69) is 0 Å². The van der Waals surface area contributed by atoms with Gasteiger partial charge in [0.25, 0.3) is 0 Å². The number of carbonyl (C=O) groups excluding carboxylic acids is 1. The molecule has 0 saturated carbocycles. The minimum atomic E-state index is -0.937. The van der Waals surface area contributed by atoms with Gasteiger partial charge in [-0.3, -0.25) is 4.90 Å². The van der Waals surface area contributed by atoms with Crippen molar-refractivity contribution in [1.29, 1.82) is 0 Å². The maximum Gasteiger partial charge on any atom is 0.410 e. The van der Waals surface area contributed by atoms with Crippen molar-refractivity contribution in [2.75, 3.05) is 6.54 Å². The van der Waals surface area contributed by atoms with E-state index < -0.39 is 5.97 Å². The van der Waals surface area contributed by atoms with E-state index >= 15 is 0 Å². The van der Waals surface area contributed by atoms with Crippen molar-refractivity contribution in [2.24, 2.45) is 0 Å². The largest absolute Gasteiger partial charge is 0.478 e. The predicted molar refractivity (Wildman–Crippen MR) is 105 cm³/mol. The molecule has 1 amide bonds. The molecular weight excluding hydrogens is 354 g/mol. The molecule has 0 radical (unpaired) electrons. The third-order valence-corrected chi connectivity index (χ3v) is 4.85. The van der Waals surface area contributed by atoms with Crippen molar-refractivity contribution >= 4 is 12.1 Å². The van der Waals surface area contributed by atoms with E-state index in [0.717, 1.165) is 22.3 Å². The molecule has 3 aromatic rings. The predicted octanol–water partition coefficient (Wildman–Crippen LogP) is 4.75. The standard InChI is InChI=1S/C23H19NO4/c25-22(26)20-12-10-18(11-13-20)17-8-6-16(7-9-17)14-24-15-21(28-23(24)27)19-4-2-1-3-5-19/h1-13,21H,14-15H2,(H,25,26)/t21-/m0/s1. The van der Waals surface area contributed by atoms with Crippen LogP contribution in [-0.2, 0) is 11.3 Å². The second kappa shape index (κ2) is 7.56. The number of hydrogen-bond acceptors (Lipinski definition) is 3. The van der Waals surface area contributed by atoms with Crippen molar-refractivity contribution in [3.63, 3.8) is 0 Å². The molecule has 1 aliphatic rings. The van der Waals surface area contributed by atoms with E-state index in [1.165, 1.54) is 0 Å². The molecule has 5 nitrogen and oxygen atoms in total. The molecule has 28 heavy (non-hydrogen) atoms. The number of cyclic esters (lactones) is 1. The Morgan fingerprint density at radius 3 is 2.14 bits per heavy atom. The Hall–Kier alpha value is -3.60. The maximum absolute atomic E-state index is 12.2. The molecule has 4 rings (SSSR count). The molecule has 140 valence electrons. The SMILES string of the molecule is O=C(O)c1ccc(-c2ccc(CN3C[C@@H](c4ccccc4)OC3=O)cc2)cc1. The quantitative estimate of drug-likeness (QED) is 0.701. The highest BCUT2D eigenvalue weighted by molar-refractivity contribution is 5.88. The lowest BCUT2D eigenvalue weighted by atomic mass is 10.0. The molecular formula is C23H19NO4. The lowest BCUT2D eigenvalue weighted by molar-refractivity contribution is 0.0697. The normalized spacial score (nSPS) is 16.1. The molecule has 0 spiro atoms. The molecule has 1 saturated heterocycles. The molecule has 0 unspecified atom stereocenters. The zero-order valence-electron chi connectivity index (χ0n) is 15.1. The minimum absolute atomic E-state index is 0.235. The fraction of sp³-hybridized carbons (Fsp3) is 0.130. The third kappa shape index (κ3) is 3.74. The summed E-state index contributed by atoms with van der Waals surface area (Å²) in [5, 5.41) is 8.99. The van der Waals surface area contributed by atoms with Crippen LogP contribution in [-0.4, -0.2) is 28.6 Å². The molecule has 1 fully saturated rings. The molecule has 1 atom stereocenters. The fourth-order valence-electron chi connectivity index (χ4n) is 3.31. The molecule has 0 aromatic heterocycles. The first kappa shape index (κ1) is 17.8. The van der Waals surface area contributed by atoms with Gasteiger partial charge >= 0.3 is 12.1 Å². The number of carboxylic acids is 1. The Balaban J connectivity index is 1.43. The Bertz CT molecular complexity index is 981. The van der Waals surface area contributed by atoms with Gasteiger partial charge in [-0.1, -0.05) is 66.7 Å². The first-order chi connectivity index (χ1) is 13.6. The van der Waals surface area contributed by atoms with E-state index in [1.54, 1.807) is 29.2 Å². The molecule has 0 bridgehead atoms. The van der Waals surface area contributed by atoms with Gasteiger partial charge in [-0.15, -0.1) is 0 Å². The van der Waals surface area contributed by atoms with E-state index in [9.17, 15) is 9.59 Å². The van der Waals surface area contributed by atoms with Gasteiger partial charge in [0.2, 0.25) is 0 Å². The van der Waals surface area contributed by atoms with Gasteiger partial charge in [-0.2, -0.15) is 0 Å².